The van der Waals surface area contributed by atoms with Crippen LogP contribution in [0, 0.1) is 6.92 Å². The van der Waals surface area contributed by atoms with Gasteiger partial charge < -0.3 is 5.73 Å². The van der Waals surface area contributed by atoms with Crippen LogP contribution in [0.2, 0.25) is 0 Å². The van der Waals surface area contributed by atoms with Crippen molar-refractivity contribution in [2.75, 3.05) is 0 Å². The molecule has 0 spiro atoms. The van der Waals surface area contributed by atoms with Gasteiger partial charge in [0.2, 0.25) is 0 Å². The van der Waals surface area contributed by atoms with E-state index in [4.69, 9.17) is 5.73 Å². The van der Waals surface area contributed by atoms with Crippen molar-refractivity contribution in [3.63, 3.8) is 0 Å². The molecule has 1 aromatic heterocycles. The Kier molecular flexibility index (Phi) is 2.96. The van der Waals surface area contributed by atoms with E-state index in [-0.39, 0.29) is 6.04 Å². The van der Waals surface area contributed by atoms with Gasteiger partial charge in [-0.1, -0.05) is 29.8 Å². The number of hydrogen-bond donors (Lipinski definition) is 1. The van der Waals surface area contributed by atoms with Gasteiger partial charge in [0.05, 0.1) is 7.05 Å². The highest BCUT2D eigenvalue weighted by atomic mass is 15.6. The first kappa shape index (κ1) is 10.8. The maximum Gasteiger partial charge on any atom is 0.176 e. The maximum atomic E-state index is 6.09. The Labute approximate surface area is 94.3 Å². The second-order valence-corrected chi connectivity index (χ2v) is 3.92. The molecular weight excluding hydrogens is 202 g/mol. The number of hydrogen-bond acceptors (Lipinski definition) is 4. The zero-order valence-corrected chi connectivity index (χ0v) is 9.46. The molecule has 1 unspecified atom stereocenters. The quantitative estimate of drug-likeness (QED) is 0.824. The average Bonchev–Trinajstić information content (AvgIpc) is 2.64. The molecule has 5 nitrogen and oxygen atoms in total. The van der Waals surface area contributed by atoms with Gasteiger partial charge in [-0.15, -0.1) is 10.2 Å². The van der Waals surface area contributed by atoms with Crippen molar-refractivity contribution in [3.8, 4) is 0 Å². The van der Waals surface area contributed by atoms with E-state index in [2.05, 4.69) is 34.5 Å². The van der Waals surface area contributed by atoms with Crippen LogP contribution in [0.4, 0.5) is 0 Å². The Balaban J connectivity index is 2.11. The fourth-order valence-corrected chi connectivity index (χ4v) is 1.62. The van der Waals surface area contributed by atoms with Gasteiger partial charge in [-0.3, -0.25) is 0 Å². The van der Waals surface area contributed by atoms with E-state index in [0.29, 0.717) is 12.2 Å². The van der Waals surface area contributed by atoms with Crippen LogP contribution >= 0.6 is 0 Å². The van der Waals surface area contributed by atoms with Crippen LogP contribution in [-0.4, -0.2) is 20.2 Å². The van der Waals surface area contributed by atoms with Gasteiger partial charge in [0.1, 0.15) is 0 Å². The third kappa shape index (κ3) is 2.43. The molecule has 2 rings (SSSR count). The topological polar surface area (TPSA) is 69.6 Å². The highest BCUT2D eigenvalue weighted by molar-refractivity contribution is 5.25. The molecule has 0 bridgehead atoms. The van der Waals surface area contributed by atoms with Gasteiger partial charge in [0.15, 0.2) is 5.82 Å². The highest BCUT2D eigenvalue weighted by Crippen LogP contribution is 2.14. The lowest BCUT2D eigenvalue weighted by atomic mass is 10.0. The Hall–Kier alpha value is -1.75. The normalized spacial score (nSPS) is 12.7. The molecule has 1 atom stereocenters. The summed E-state index contributed by atoms with van der Waals surface area (Å²) in [5, 5.41) is 11.8. The van der Waals surface area contributed by atoms with Crippen molar-refractivity contribution < 1.29 is 0 Å². The minimum atomic E-state index is -0.0795. The lowest BCUT2D eigenvalue weighted by Crippen LogP contribution is -2.14. The summed E-state index contributed by atoms with van der Waals surface area (Å²) in [5.41, 5.74) is 8.40. The van der Waals surface area contributed by atoms with Gasteiger partial charge in [0, 0.05) is 12.5 Å². The lowest BCUT2D eigenvalue weighted by molar-refractivity contribution is 0.622. The first-order chi connectivity index (χ1) is 7.65. The van der Waals surface area contributed by atoms with Gasteiger partial charge >= 0.3 is 0 Å². The molecule has 2 N–H and O–H groups in total. The van der Waals surface area contributed by atoms with Gasteiger partial charge in [-0.05, 0) is 17.7 Å². The predicted molar refractivity (Wildman–Crippen MR) is 60.6 cm³/mol. The minimum Gasteiger partial charge on any atom is -0.324 e. The lowest BCUT2D eigenvalue weighted by Gasteiger charge is -2.09. The SMILES string of the molecule is Cc1cccc(C(N)Cc2nnn(C)n2)c1. The van der Waals surface area contributed by atoms with Crippen molar-refractivity contribution >= 4 is 0 Å². The summed E-state index contributed by atoms with van der Waals surface area (Å²) in [6.07, 6.45) is 0.608. The molecule has 0 amide bonds. The van der Waals surface area contributed by atoms with Crippen molar-refractivity contribution in [2.45, 2.75) is 19.4 Å². The molecule has 0 saturated carbocycles. The van der Waals surface area contributed by atoms with E-state index in [0.717, 1.165) is 5.56 Å². The largest absolute Gasteiger partial charge is 0.324 e. The van der Waals surface area contributed by atoms with Crippen LogP contribution in [0.15, 0.2) is 24.3 Å². The number of nitrogens with two attached hydrogens (primary N) is 1. The second kappa shape index (κ2) is 4.40. The molecule has 16 heavy (non-hydrogen) atoms. The van der Waals surface area contributed by atoms with E-state index in [1.54, 1.807) is 7.05 Å². The van der Waals surface area contributed by atoms with E-state index in [9.17, 15) is 0 Å². The molecule has 0 aliphatic heterocycles. The van der Waals surface area contributed by atoms with Crippen LogP contribution in [0.25, 0.3) is 0 Å². The zero-order valence-electron chi connectivity index (χ0n) is 9.46. The summed E-state index contributed by atoms with van der Waals surface area (Å²) in [7, 11) is 1.74. The van der Waals surface area contributed by atoms with E-state index < -0.39 is 0 Å². The second-order valence-electron chi connectivity index (χ2n) is 3.92. The fraction of sp³-hybridized carbons (Fsp3) is 0.364. The number of nitrogens with zero attached hydrogens (tertiary/aromatic N) is 4. The average molecular weight is 217 g/mol. The van der Waals surface area contributed by atoms with E-state index in [1.165, 1.54) is 10.4 Å². The highest BCUT2D eigenvalue weighted by Gasteiger charge is 2.10. The monoisotopic (exact) mass is 217 g/mol. The first-order valence-corrected chi connectivity index (χ1v) is 5.20. The van der Waals surface area contributed by atoms with E-state index >= 15 is 0 Å². The number of tetrazole rings is 1. The first-order valence-electron chi connectivity index (χ1n) is 5.20. The number of aryl methyl sites for hydroxylation is 2. The summed E-state index contributed by atoms with van der Waals surface area (Å²) in [4.78, 5) is 1.44. The molecule has 84 valence electrons. The van der Waals surface area contributed by atoms with Crippen LogP contribution in [0.1, 0.15) is 23.0 Å². The molecule has 5 heteroatoms. The van der Waals surface area contributed by atoms with Crippen molar-refractivity contribution in [2.24, 2.45) is 12.8 Å². The summed E-state index contributed by atoms with van der Waals surface area (Å²) >= 11 is 0. The van der Waals surface area contributed by atoms with Gasteiger partial charge in [-0.2, -0.15) is 4.80 Å². The third-order valence-corrected chi connectivity index (χ3v) is 2.42. The summed E-state index contributed by atoms with van der Waals surface area (Å²) < 4.78 is 0. The number of aromatic nitrogens is 4. The molecule has 1 aromatic carbocycles. The summed E-state index contributed by atoms with van der Waals surface area (Å²) in [6, 6.07) is 8.09. The molecule has 0 aliphatic carbocycles. The predicted octanol–water partition coefficient (Wildman–Crippen LogP) is 0.761. The zero-order chi connectivity index (χ0) is 11.5. The summed E-state index contributed by atoms with van der Waals surface area (Å²) in [6.45, 7) is 2.05. The maximum absolute atomic E-state index is 6.09. The van der Waals surface area contributed by atoms with Crippen LogP contribution in [0.3, 0.4) is 0 Å². The molecule has 0 aliphatic rings. The third-order valence-electron chi connectivity index (χ3n) is 2.42. The van der Waals surface area contributed by atoms with Crippen molar-refractivity contribution in [1.82, 2.24) is 20.2 Å². The minimum absolute atomic E-state index is 0.0795. The Morgan fingerprint density at radius 1 is 1.44 bits per heavy atom. The molecule has 1 heterocycles. The number of rotatable bonds is 3. The molecule has 0 saturated heterocycles. The molecular formula is C11H15N5. The molecule has 2 aromatic rings. The van der Waals surface area contributed by atoms with Gasteiger partial charge in [0.25, 0.3) is 0 Å². The molecule has 0 radical (unpaired) electrons. The Morgan fingerprint density at radius 2 is 2.25 bits per heavy atom. The Bertz CT molecular complexity index is 477. The fourth-order valence-electron chi connectivity index (χ4n) is 1.62. The van der Waals surface area contributed by atoms with Gasteiger partial charge in [-0.25, -0.2) is 0 Å². The Morgan fingerprint density at radius 3 is 2.88 bits per heavy atom. The van der Waals surface area contributed by atoms with E-state index in [1.807, 2.05) is 12.1 Å². The van der Waals surface area contributed by atoms with Crippen molar-refractivity contribution in [3.05, 3.63) is 41.2 Å². The van der Waals surface area contributed by atoms with Crippen LogP contribution in [-0.2, 0) is 13.5 Å². The smallest absolute Gasteiger partial charge is 0.176 e. The summed E-state index contributed by atoms with van der Waals surface area (Å²) in [5.74, 6) is 0.677. The standard InChI is InChI=1S/C11H15N5/c1-8-4-3-5-9(6-8)10(12)7-11-13-15-16(2)14-11/h3-6,10H,7,12H2,1-2H3. The van der Waals surface area contributed by atoms with Crippen LogP contribution < -0.4 is 5.73 Å². The number of benzene rings is 1. The molecule has 0 fully saturated rings. The van der Waals surface area contributed by atoms with Crippen molar-refractivity contribution in [1.29, 1.82) is 0 Å². The van der Waals surface area contributed by atoms with Crippen LogP contribution in [0.5, 0.6) is 0 Å².